The van der Waals surface area contributed by atoms with Crippen LogP contribution < -0.4 is 0 Å². The molecule has 0 bridgehead atoms. The van der Waals surface area contributed by atoms with E-state index in [9.17, 15) is 0 Å². The topological polar surface area (TPSA) is 3.24 Å². The Morgan fingerprint density at radius 3 is 2.40 bits per heavy atom. The van der Waals surface area contributed by atoms with Gasteiger partial charge in [-0.1, -0.05) is 6.42 Å². The molecule has 0 saturated carbocycles. The number of rotatable bonds is 1. The molecule has 1 aliphatic heterocycles. The Balaban J connectivity index is 2.40. The van der Waals surface area contributed by atoms with Crippen LogP contribution in [-0.4, -0.2) is 23.5 Å². The number of piperidine rings is 1. The van der Waals surface area contributed by atoms with Crippen LogP contribution in [0.25, 0.3) is 0 Å². The molecule has 0 spiro atoms. The van der Waals surface area contributed by atoms with Crippen molar-refractivity contribution in [2.24, 2.45) is 0 Å². The molecule has 0 aliphatic carbocycles. The highest BCUT2D eigenvalue weighted by molar-refractivity contribution is 4.75. The summed E-state index contributed by atoms with van der Waals surface area (Å²) >= 11 is 0. The maximum atomic E-state index is 2.60. The maximum Gasteiger partial charge on any atom is 0.00696 e. The van der Waals surface area contributed by atoms with Gasteiger partial charge in [-0.05, 0) is 40.2 Å². The molecule has 1 atom stereocenters. The first-order chi connectivity index (χ1) is 4.72. The van der Waals surface area contributed by atoms with Crippen LogP contribution in [0, 0.1) is 0 Å². The molecule has 10 heavy (non-hydrogen) atoms. The van der Waals surface area contributed by atoms with E-state index in [1.54, 1.807) is 0 Å². The molecular formula is C9H19N. The highest BCUT2D eigenvalue weighted by atomic mass is 15.2. The average molecular weight is 141 g/mol. The summed E-state index contributed by atoms with van der Waals surface area (Å²) in [6.07, 6.45) is 4.24. The van der Waals surface area contributed by atoms with Crippen molar-refractivity contribution in [3.05, 3.63) is 0 Å². The Kier molecular flexibility index (Phi) is 2.72. The van der Waals surface area contributed by atoms with E-state index in [1.807, 2.05) is 0 Å². The predicted octanol–water partition coefficient (Wildman–Crippen LogP) is 2.27. The van der Waals surface area contributed by atoms with Gasteiger partial charge in [-0.3, -0.25) is 4.90 Å². The summed E-state index contributed by atoms with van der Waals surface area (Å²) in [4.78, 5) is 2.60. The lowest BCUT2D eigenvalue weighted by molar-refractivity contribution is 0.123. The van der Waals surface area contributed by atoms with Crippen molar-refractivity contribution in [3.8, 4) is 0 Å². The third kappa shape index (κ3) is 1.72. The lowest BCUT2D eigenvalue weighted by Crippen LogP contribution is -2.41. The van der Waals surface area contributed by atoms with E-state index in [4.69, 9.17) is 0 Å². The second-order valence-corrected chi connectivity index (χ2v) is 3.68. The van der Waals surface area contributed by atoms with Gasteiger partial charge in [0, 0.05) is 12.1 Å². The van der Waals surface area contributed by atoms with Gasteiger partial charge in [-0.2, -0.15) is 0 Å². The molecule has 0 radical (unpaired) electrons. The summed E-state index contributed by atoms with van der Waals surface area (Å²) in [5.41, 5.74) is 0. The minimum atomic E-state index is 0.746. The van der Waals surface area contributed by atoms with Crippen molar-refractivity contribution >= 4 is 0 Å². The van der Waals surface area contributed by atoms with Gasteiger partial charge in [0.1, 0.15) is 0 Å². The van der Waals surface area contributed by atoms with Crippen molar-refractivity contribution in [1.29, 1.82) is 0 Å². The first kappa shape index (κ1) is 8.06. The van der Waals surface area contributed by atoms with Crippen LogP contribution in [0.15, 0.2) is 0 Å². The fourth-order valence-electron chi connectivity index (χ4n) is 1.89. The summed E-state index contributed by atoms with van der Waals surface area (Å²) in [6.45, 7) is 8.25. The second-order valence-electron chi connectivity index (χ2n) is 3.68. The normalized spacial score (nSPS) is 29.4. The monoisotopic (exact) mass is 141 g/mol. The molecule has 1 heteroatoms. The second kappa shape index (κ2) is 3.38. The zero-order valence-corrected chi connectivity index (χ0v) is 7.43. The molecule has 0 N–H and O–H groups in total. The lowest BCUT2D eigenvalue weighted by atomic mass is 10.0. The maximum absolute atomic E-state index is 2.60. The number of likely N-dealkylation sites (tertiary alicyclic amines) is 1. The van der Waals surface area contributed by atoms with Crippen LogP contribution in [-0.2, 0) is 0 Å². The summed E-state index contributed by atoms with van der Waals surface area (Å²) in [5.74, 6) is 0. The summed E-state index contributed by atoms with van der Waals surface area (Å²) in [6, 6.07) is 1.57. The minimum absolute atomic E-state index is 0.746. The van der Waals surface area contributed by atoms with Crippen molar-refractivity contribution in [3.63, 3.8) is 0 Å². The molecule has 1 heterocycles. The van der Waals surface area contributed by atoms with Crippen LogP contribution in [0.4, 0.5) is 0 Å². The smallest absolute Gasteiger partial charge is 0.00696 e. The Morgan fingerprint density at radius 1 is 1.30 bits per heavy atom. The molecule has 60 valence electrons. The van der Waals surface area contributed by atoms with Gasteiger partial charge >= 0.3 is 0 Å². The number of hydrogen-bond acceptors (Lipinski definition) is 1. The fraction of sp³-hybridized carbons (Fsp3) is 1.00. The lowest BCUT2D eigenvalue weighted by Gasteiger charge is -2.36. The van der Waals surface area contributed by atoms with E-state index < -0.39 is 0 Å². The molecule has 1 rings (SSSR count). The van der Waals surface area contributed by atoms with Crippen molar-refractivity contribution in [1.82, 2.24) is 4.90 Å². The molecule has 1 aliphatic rings. The van der Waals surface area contributed by atoms with Gasteiger partial charge in [0.15, 0.2) is 0 Å². The van der Waals surface area contributed by atoms with Gasteiger partial charge in [0.05, 0.1) is 0 Å². The molecule has 0 aromatic carbocycles. The van der Waals surface area contributed by atoms with E-state index in [-0.39, 0.29) is 0 Å². The van der Waals surface area contributed by atoms with Crippen LogP contribution in [0.5, 0.6) is 0 Å². The minimum Gasteiger partial charge on any atom is -0.298 e. The first-order valence-corrected chi connectivity index (χ1v) is 4.47. The standard InChI is InChI=1S/C9H19N/c1-8(2)10-7-5-4-6-9(10)3/h8-9H,4-7H2,1-3H3. The van der Waals surface area contributed by atoms with Gasteiger partial charge in [-0.25, -0.2) is 0 Å². The Bertz CT molecular complexity index is 98.9. The van der Waals surface area contributed by atoms with Gasteiger partial charge in [-0.15, -0.1) is 0 Å². The van der Waals surface area contributed by atoms with Gasteiger partial charge in [0.2, 0.25) is 0 Å². The van der Waals surface area contributed by atoms with Gasteiger partial charge < -0.3 is 0 Å². The van der Waals surface area contributed by atoms with Crippen LogP contribution in [0.1, 0.15) is 40.0 Å². The fourth-order valence-corrected chi connectivity index (χ4v) is 1.89. The highest BCUT2D eigenvalue weighted by Crippen LogP contribution is 2.18. The largest absolute Gasteiger partial charge is 0.298 e. The van der Waals surface area contributed by atoms with Crippen molar-refractivity contribution in [2.45, 2.75) is 52.1 Å². The molecule has 1 fully saturated rings. The van der Waals surface area contributed by atoms with E-state index in [2.05, 4.69) is 25.7 Å². The van der Waals surface area contributed by atoms with Crippen LogP contribution in [0.3, 0.4) is 0 Å². The highest BCUT2D eigenvalue weighted by Gasteiger charge is 2.19. The molecular weight excluding hydrogens is 122 g/mol. The zero-order chi connectivity index (χ0) is 7.56. The number of nitrogens with zero attached hydrogens (tertiary/aromatic N) is 1. The van der Waals surface area contributed by atoms with Crippen molar-refractivity contribution < 1.29 is 0 Å². The SMILES string of the molecule is CC(C)N1CCCCC1C. The Morgan fingerprint density at radius 2 is 2.00 bits per heavy atom. The van der Waals surface area contributed by atoms with E-state index in [1.165, 1.54) is 25.8 Å². The summed E-state index contributed by atoms with van der Waals surface area (Å²) < 4.78 is 0. The van der Waals surface area contributed by atoms with E-state index in [0.29, 0.717) is 0 Å². The predicted molar refractivity (Wildman–Crippen MR) is 45.2 cm³/mol. The van der Waals surface area contributed by atoms with E-state index >= 15 is 0 Å². The van der Waals surface area contributed by atoms with Crippen LogP contribution in [0.2, 0.25) is 0 Å². The molecule has 1 saturated heterocycles. The molecule has 0 aromatic heterocycles. The van der Waals surface area contributed by atoms with Crippen LogP contribution >= 0.6 is 0 Å². The zero-order valence-electron chi connectivity index (χ0n) is 7.43. The Hall–Kier alpha value is -0.0400. The summed E-state index contributed by atoms with van der Waals surface area (Å²) in [5, 5.41) is 0. The Labute approximate surface area is 64.4 Å². The molecule has 1 unspecified atom stereocenters. The van der Waals surface area contributed by atoms with Gasteiger partial charge in [0.25, 0.3) is 0 Å². The first-order valence-electron chi connectivity index (χ1n) is 4.47. The van der Waals surface area contributed by atoms with E-state index in [0.717, 1.165) is 12.1 Å². The molecule has 1 nitrogen and oxygen atoms in total. The summed E-state index contributed by atoms with van der Waals surface area (Å²) in [7, 11) is 0. The number of hydrogen-bond donors (Lipinski definition) is 0. The third-order valence-electron chi connectivity index (χ3n) is 2.52. The average Bonchev–Trinajstić information content (AvgIpc) is 1.88. The molecule has 0 amide bonds. The molecule has 0 aromatic rings. The van der Waals surface area contributed by atoms with Crippen molar-refractivity contribution in [2.75, 3.05) is 6.54 Å². The quantitative estimate of drug-likeness (QED) is 0.541. The third-order valence-corrected chi connectivity index (χ3v) is 2.52.